The van der Waals surface area contributed by atoms with Crippen LogP contribution in [0.2, 0.25) is 0 Å². The standard InChI is InChI=1S/C17H17N3O2S/c1-23-17(19-13-18)20-14-7-9-16(10-8-14)22-12-11-21-15-5-3-2-4-6-15/h2-10H,11-12H2,1H3,(H,19,20). The molecule has 23 heavy (non-hydrogen) atoms. The first-order valence-corrected chi connectivity index (χ1v) is 8.23. The fourth-order valence-electron chi connectivity index (χ4n) is 1.74. The van der Waals surface area contributed by atoms with E-state index >= 15 is 0 Å². The first-order valence-electron chi connectivity index (χ1n) is 7.00. The molecule has 0 saturated heterocycles. The maximum Gasteiger partial charge on any atom is 0.183 e. The van der Waals surface area contributed by atoms with Crippen molar-refractivity contribution in [1.29, 1.82) is 5.26 Å². The zero-order valence-corrected chi connectivity index (χ0v) is 13.5. The third kappa shape index (κ3) is 5.93. The topological polar surface area (TPSA) is 66.6 Å². The number of nitrogens with one attached hydrogen (secondary N) is 1. The Morgan fingerprint density at radius 2 is 1.65 bits per heavy atom. The molecule has 5 nitrogen and oxygen atoms in total. The molecule has 0 atom stereocenters. The van der Waals surface area contributed by atoms with Crippen LogP contribution in [0.5, 0.6) is 11.5 Å². The summed E-state index contributed by atoms with van der Waals surface area (Å²) in [4.78, 5) is 4.31. The summed E-state index contributed by atoms with van der Waals surface area (Å²) in [6, 6.07) is 17.0. The van der Waals surface area contributed by atoms with Gasteiger partial charge < -0.3 is 9.47 Å². The van der Waals surface area contributed by atoms with E-state index in [0.29, 0.717) is 18.4 Å². The molecular weight excluding hydrogens is 310 g/mol. The summed E-state index contributed by atoms with van der Waals surface area (Å²) in [5.74, 6) is 1.58. The quantitative estimate of drug-likeness (QED) is 0.289. The minimum Gasteiger partial charge on any atom is -0.490 e. The van der Waals surface area contributed by atoms with Gasteiger partial charge in [0.2, 0.25) is 0 Å². The maximum absolute atomic E-state index is 8.61. The van der Waals surface area contributed by atoms with Gasteiger partial charge in [-0.15, -0.1) is 0 Å². The number of para-hydroxylation sites is 1. The lowest BCUT2D eigenvalue weighted by Crippen LogP contribution is -2.12. The van der Waals surface area contributed by atoms with Gasteiger partial charge in [-0.25, -0.2) is 4.99 Å². The van der Waals surface area contributed by atoms with Crippen LogP contribution in [-0.4, -0.2) is 24.6 Å². The Balaban J connectivity index is 1.80. The van der Waals surface area contributed by atoms with Gasteiger partial charge in [0.25, 0.3) is 0 Å². The molecule has 2 aromatic carbocycles. The highest BCUT2D eigenvalue weighted by atomic mass is 32.2. The highest BCUT2D eigenvalue weighted by Gasteiger charge is 1.98. The summed E-state index contributed by atoms with van der Waals surface area (Å²) in [5.41, 5.74) is 0.755. The van der Waals surface area contributed by atoms with E-state index in [9.17, 15) is 0 Å². The Kier molecular flexibility index (Phi) is 6.82. The molecule has 0 aliphatic heterocycles. The number of hydrogen-bond donors (Lipinski definition) is 1. The lowest BCUT2D eigenvalue weighted by atomic mass is 10.3. The summed E-state index contributed by atoms with van der Waals surface area (Å²) in [6.45, 7) is 0.941. The molecule has 0 aliphatic carbocycles. The van der Waals surface area contributed by atoms with E-state index in [-0.39, 0.29) is 0 Å². The molecule has 6 heteroatoms. The number of amidine groups is 1. The zero-order chi connectivity index (χ0) is 16.3. The van der Waals surface area contributed by atoms with Crippen molar-refractivity contribution in [2.24, 2.45) is 4.99 Å². The van der Waals surface area contributed by atoms with Crippen LogP contribution >= 0.6 is 11.8 Å². The molecule has 0 radical (unpaired) electrons. The Bertz CT molecular complexity index is 666. The van der Waals surface area contributed by atoms with Gasteiger partial charge in [-0.2, -0.15) is 5.26 Å². The molecule has 0 saturated carbocycles. The molecule has 0 bridgehead atoms. The third-order valence-electron chi connectivity index (χ3n) is 2.79. The van der Waals surface area contributed by atoms with Crippen molar-refractivity contribution < 1.29 is 9.47 Å². The Hall–Kier alpha value is -2.65. The van der Waals surface area contributed by atoms with Crippen molar-refractivity contribution in [3.05, 3.63) is 54.6 Å². The normalized spacial score (nSPS) is 10.7. The number of nitriles is 1. The van der Waals surface area contributed by atoms with Crippen molar-refractivity contribution in [3.63, 3.8) is 0 Å². The fraction of sp³-hybridized carbons (Fsp3) is 0.176. The van der Waals surface area contributed by atoms with Gasteiger partial charge in [0.15, 0.2) is 11.4 Å². The SMILES string of the molecule is CSC(=Nc1ccc(OCCOc2ccccc2)cc1)NC#N. The monoisotopic (exact) mass is 327 g/mol. The van der Waals surface area contributed by atoms with Crippen molar-refractivity contribution in [2.45, 2.75) is 0 Å². The van der Waals surface area contributed by atoms with Crippen molar-refractivity contribution in [3.8, 4) is 17.7 Å². The van der Waals surface area contributed by atoms with Crippen LogP contribution in [0.3, 0.4) is 0 Å². The zero-order valence-electron chi connectivity index (χ0n) is 12.7. The lowest BCUT2D eigenvalue weighted by Gasteiger charge is -2.08. The number of aliphatic imine (C=N–C) groups is 1. The second kappa shape index (κ2) is 9.38. The summed E-state index contributed by atoms with van der Waals surface area (Å²) in [6.07, 6.45) is 3.71. The summed E-state index contributed by atoms with van der Waals surface area (Å²) >= 11 is 1.38. The third-order valence-corrected chi connectivity index (χ3v) is 3.37. The number of ether oxygens (including phenoxy) is 2. The molecule has 2 rings (SSSR count). The van der Waals surface area contributed by atoms with Crippen LogP contribution in [-0.2, 0) is 0 Å². The van der Waals surface area contributed by atoms with Crippen LogP contribution in [0.4, 0.5) is 5.69 Å². The highest BCUT2D eigenvalue weighted by Crippen LogP contribution is 2.19. The number of benzene rings is 2. The van der Waals surface area contributed by atoms with Gasteiger partial charge in [0, 0.05) is 0 Å². The first kappa shape index (κ1) is 16.7. The molecule has 0 amide bonds. The van der Waals surface area contributed by atoms with E-state index < -0.39 is 0 Å². The average Bonchev–Trinajstić information content (AvgIpc) is 2.60. The predicted octanol–water partition coefficient (Wildman–Crippen LogP) is 3.57. The number of rotatable bonds is 6. The molecule has 0 heterocycles. The Morgan fingerprint density at radius 1 is 1.04 bits per heavy atom. The van der Waals surface area contributed by atoms with Crippen LogP contribution in [0.1, 0.15) is 0 Å². The van der Waals surface area contributed by atoms with Crippen LogP contribution < -0.4 is 14.8 Å². The second-order valence-corrected chi connectivity index (χ2v) is 5.16. The summed E-state index contributed by atoms with van der Waals surface area (Å²) in [7, 11) is 0. The van der Waals surface area contributed by atoms with Crippen molar-refractivity contribution in [2.75, 3.05) is 19.5 Å². The molecule has 0 unspecified atom stereocenters. The Labute approximate surface area is 140 Å². The van der Waals surface area contributed by atoms with Crippen LogP contribution in [0.25, 0.3) is 0 Å². The largest absolute Gasteiger partial charge is 0.490 e. The molecule has 0 fully saturated rings. The van der Waals surface area contributed by atoms with E-state index in [2.05, 4.69) is 10.3 Å². The number of hydrogen-bond acceptors (Lipinski definition) is 5. The van der Waals surface area contributed by atoms with Crippen LogP contribution in [0, 0.1) is 11.5 Å². The molecule has 1 N–H and O–H groups in total. The van der Waals surface area contributed by atoms with Gasteiger partial charge in [0.05, 0.1) is 5.69 Å². The van der Waals surface area contributed by atoms with E-state index in [1.165, 1.54) is 11.8 Å². The van der Waals surface area contributed by atoms with Crippen molar-refractivity contribution in [1.82, 2.24) is 5.32 Å². The number of thioether (sulfide) groups is 1. The van der Waals surface area contributed by atoms with E-state index in [1.54, 1.807) is 0 Å². The van der Waals surface area contributed by atoms with Gasteiger partial charge in [-0.3, -0.25) is 5.32 Å². The highest BCUT2D eigenvalue weighted by molar-refractivity contribution is 8.13. The van der Waals surface area contributed by atoms with E-state index in [1.807, 2.05) is 67.0 Å². The molecule has 118 valence electrons. The van der Waals surface area contributed by atoms with Crippen molar-refractivity contribution >= 4 is 22.6 Å². The molecule has 0 aliphatic rings. The predicted molar refractivity (Wildman–Crippen MR) is 93.2 cm³/mol. The summed E-state index contributed by atoms with van der Waals surface area (Å²) in [5, 5.41) is 11.7. The van der Waals surface area contributed by atoms with E-state index in [0.717, 1.165) is 17.2 Å². The van der Waals surface area contributed by atoms with Gasteiger partial charge in [0.1, 0.15) is 24.7 Å². The van der Waals surface area contributed by atoms with Gasteiger partial charge in [-0.05, 0) is 42.7 Å². The first-order chi connectivity index (χ1) is 11.3. The molecule has 2 aromatic rings. The smallest absolute Gasteiger partial charge is 0.183 e. The molecule has 0 spiro atoms. The van der Waals surface area contributed by atoms with Gasteiger partial charge in [-0.1, -0.05) is 30.0 Å². The minimum atomic E-state index is 0.462. The molecular formula is C17H17N3O2S. The second-order valence-electron chi connectivity index (χ2n) is 4.36. The van der Waals surface area contributed by atoms with Crippen LogP contribution in [0.15, 0.2) is 59.6 Å². The fourth-order valence-corrected chi connectivity index (χ4v) is 2.09. The van der Waals surface area contributed by atoms with E-state index in [4.69, 9.17) is 14.7 Å². The lowest BCUT2D eigenvalue weighted by molar-refractivity contribution is 0.217. The summed E-state index contributed by atoms with van der Waals surface area (Å²) < 4.78 is 11.2. The average molecular weight is 327 g/mol. The van der Waals surface area contributed by atoms with Gasteiger partial charge >= 0.3 is 0 Å². The Morgan fingerprint density at radius 3 is 2.22 bits per heavy atom. The molecule has 0 aromatic heterocycles. The number of nitrogens with zero attached hydrogens (tertiary/aromatic N) is 2. The maximum atomic E-state index is 8.61. The minimum absolute atomic E-state index is 0.462.